The summed E-state index contributed by atoms with van der Waals surface area (Å²) in [6.07, 6.45) is 1.13. The monoisotopic (exact) mass is 274 g/mol. The highest BCUT2D eigenvalue weighted by Crippen LogP contribution is 2.22. The summed E-state index contributed by atoms with van der Waals surface area (Å²) in [5.41, 5.74) is 0.659. The first-order chi connectivity index (χ1) is 9.40. The lowest BCUT2D eigenvalue weighted by atomic mass is 9.99. The molecular weight excluding hydrogens is 248 g/mol. The fraction of sp³-hybridized carbons (Fsp3) is 0.588. The number of nitrogens with zero attached hydrogens (tertiary/aromatic N) is 1. The summed E-state index contributed by atoms with van der Waals surface area (Å²) in [6.45, 7) is 10.7. The molecule has 110 valence electrons. The maximum atomic E-state index is 9.27. The van der Waals surface area contributed by atoms with Crippen molar-refractivity contribution in [1.82, 2.24) is 5.32 Å². The molecule has 1 rings (SSSR count). The first-order valence-corrected chi connectivity index (χ1v) is 7.32. The molecule has 0 fully saturated rings. The largest absolute Gasteiger partial charge is 0.491 e. The van der Waals surface area contributed by atoms with Gasteiger partial charge in [-0.1, -0.05) is 26.0 Å². The second kappa shape index (κ2) is 7.31. The van der Waals surface area contributed by atoms with Crippen LogP contribution in [0.1, 0.15) is 52.5 Å². The summed E-state index contributed by atoms with van der Waals surface area (Å²) in [4.78, 5) is 0. The van der Waals surface area contributed by atoms with Crippen LogP contribution in [0.3, 0.4) is 0 Å². The summed E-state index contributed by atoms with van der Waals surface area (Å²) in [5.74, 6) is 1.38. The van der Waals surface area contributed by atoms with Gasteiger partial charge in [-0.05, 0) is 50.8 Å². The normalized spacial score (nSPS) is 15.4. The van der Waals surface area contributed by atoms with Gasteiger partial charge in [-0.15, -0.1) is 0 Å². The third-order valence-electron chi connectivity index (χ3n) is 3.44. The van der Waals surface area contributed by atoms with E-state index in [0.717, 1.165) is 12.2 Å². The third kappa shape index (κ3) is 4.86. The molecule has 20 heavy (non-hydrogen) atoms. The molecule has 0 radical (unpaired) electrons. The molecule has 0 amide bonds. The number of benzene rings is 1. The van der Waals surface area contributed by atoms with E-state index in [4.69, 9.17) is 4.74 Å². The summed E-state index contributed by atoms with van der Waals surface area (Å²) < 4.78 is 5.75. The SMILES string of the molecule is CCC(C)c1ccc(OCC(C)(C#N)NC(C)C)cc1. The average molecular weight is 274 g/mol. The van der Waals surface area contributed by atoms with Gasteiger partial charge in [0.2, 0.25) is 0 Å². The van der Waals surface area contributed by atoms with E-state index in [2.05, 4.69) is 37.4 Å². The van der Waals surface area contributed by atoms with Gasteiger partial charge in [0.25, 0.3) is 0 Å². The Bertz CT molecular complexity index is 447. The molecule has 0 heterocycles. The quantitative estimate of drug-likeness (QED) is 0.821. The van der Waals surface area contributed by atoms with Gasteiger partial charge in [-0.2, -0.15) is 5.26 Å². The molecule has 2 atom stereocenters. The van der Waals surface area contributed by atoms with Crippen LogP contribution in [0.15, 0.2) is 24.3 Å². The summed E-state index contributed by atoms with van der Waals surface area (Å²) >= 11 is 0. The molecule has 3 heteroatoms. The number of hydrogen-bond acceptors (Lipinski definition) is 3. The van der Waals surface area contributed by atoms with E-state index in [1.807, 2.05) is 32.9 Å². The molecule has 0 aliphatic carbocycles. The van der Waals surface area contributed by atoms with Crippen molar-refractivity contribution in [3.05, 3.63) is 29.8 Å². The van der Waals surface area contributed by atoms with Crippen molar-refractivity contribution in [2.75, 3.05) is 6.61 Å². The fourth-order valence-corrected chi connectivity index (χ4v) is 2.10. The maximum Gasteiger partial charge on any atom is 0.138 e. The Morgan fingerprint density at radius 3 is 2.30 bits per heavy atom. The van der Waals surface area contributed by atoms with Gasteiger partial charge in [0.15, 0.2) is 0 Å². The Hall–Kier alpha value is -1.53. The second-order valence-corrected chi connectivity index (χ2v) is 5.91. The van der Waals surface area contributed by atoms with Crippen LogP contribution in [0.2, 0.25) is 0 Å². The molecule has 0 aliphatic heterocycles. The van der Waals surface area contributed by atoms with Crippen LogP contribution in [0.5, 0.6) is 5.75 Å². The van der Waals surface area contributed by atoms with Gasteiger partial charge in [0.05, 0.1) is 6.07 Å². The zero-order chi connectivity index (χ0) is 15.2. The van der Waals surface area contributed by atoms with Gasteiger partial charge in [0.1, 0.15) is 17.9 Å². The first kappa shape index (κ1) is 16.5. The van der Waals surface area contributed by atoms with Crippen molar-refractivity contribution in [3.8, 4) is 11.8 Å². The zero-order valence-electron chi connectivity index (χ0n) is 13.2. The molecule has 0 saturated carbocycles. The van der Waals surface area contributed by atoms with Crippen molar-refractivity contribution >= 4 is 0 Å². The molecule has 3 nitrogen and oxygen atoms in total. The van der Waals surface area contributed by atoms with Crippen LogP contribution < -0.4 is 10.1 Å². The van der Waals surface area contributed by atoms with E-state index in [0.29, 0.717) is 12.5 Å². The maximum absolute atomic E-state index is 9.27. The topological polar surface area (TPSA) is 45.0 Å². The van der Waals surface area contributed by atoms with Crippen LogP contribution in [0, 0.1) is 11.3 Å². The van der Waals surface area contributed by atoms with Crippen molar-refractivity contribution < 1.29 is 4.74 Å². The molecule has 0 aromatic heterocycles. The Kier molecular flexibility index (Phi) is 6.04. The molecule has 0 spiro atoms. The van der Waals surface area contributed by atoms with E-state index >= 15 is 0 Å². The number of ether oxygens (including phenoxy) is 1. The van der Waals surface area contributed by atoms with Crippen molar-refractivity contribution in [3.63, 3.8) is 0 Å². The summed E-state index contributed by atoms with van der Waals surface area (Å²) in [5, 5.41) is 12.5. The fourth-order valence-electron chi connectivity index (χ4n) is 2.10. The van der Waals surface area contributed by atoms with E-state index in [1.54, 1.807) is 0 Å². The minimum atomic E-state index is -0.663. The minimum Gasteiger partial charge on any atom is -0.491 e. The van der Waals surface area contributed by atoms with E-state index in [1.165, 1.54) is 5.56 Å². The average Bonchev–Trinajstić information content (AvgIpc) is 2.44. The standard InChI is InChI=1S/C17H26N2O/c1-6-14(4)15-7-9-16(10-8-15)20-12-17(5,11-18)19-13(2)3/h7-10,13-14,19H,6,12H2,1-5H3. The molecule has 0 aliphatic rings. The molecule has 2 unspecified atom stereocenters. The van der Waals surface area contributed by atoms with E-state index in [-0.39, 0.29) is 6.04 Å². The molecule has 0 bridgehead atoms. The number of nitriles is 1. The number of rotatable bonds is 7. The van der Waals surface area contributed by atoms with Crippen LogP contribution in [-0.2, 0) is 0 Å². The molecule has 1 N–H and O–H groups in total. The lowest BCUT2D eigenvalue weighted by molar-refractivity contribution is 0.225. The van der Waals surface area contributed by atoms with Crippen LogP contribution in [0.25, 0.3) is 0 Å². The predicted octanol–water partition coefficient (Wildman–Crippen LogP) is 3.86. The lowest BCUT2D eigenvalue weighted by Crippen LogP contribution is -2.49. The van der Waals surface area contributed by atoms with Crippen LogP contribution in [0.4, 0.5) is 0 Å². The van der Waals surface area contributed by atoms with Gasteiger partial charge in [0, 0.05) is 6.04 Å². The van der Waals surface area contributed by atoms with E-state index in [9.17, 15) is 5.26 Å². The van der Waals surface area contributed by atoms with Gasteiger partial charge in [-0.3, -0.25) is 5.32 Å². The smallest absolute Gasteiger partial charge is 0.138 e. The van der Waals surface area contributed by atoms with Crippen molar-refractivity contribution in [2.24, 2.45) is 0 Å². The Balaban J connectivity index is 2.63. The number of hydrogen-bond donors (Lipinski definition) is 1. The highest BCUT2D eigenvalue weighted by atomic mass is 16.5. The Morgan fingerprint density at radius 2 is 1.85 bits per heavy atom. The van der Waals surface area contributed by atoms with Gasteiger partial charge in [-0.25, -0.2) is 0 Å². The minimum absolute atomic E-state index is 0.246. The molecule has 1 aromatic rings. The third-order valence-corrected chi connectivity index (χ3v) is 3.44. The zero-order valence-corrected chi connectivity index (χ0v) is 13.2. The Morgan fingerprint density at radius 1 is 1.25 bits per heavy atom. The lowest BCUT2D eigenvalue weighted by Gasteiger charge is -2.25. The van der Waals surface area contributed by atoms with Crippen LogP contribution in [-0.4, -0.2) is 18.2 Å². The second-order valence-electron chi connectivity index (χ2n) is 5.91. The van der Waals surface area contributed by atoms with E-state index < -0.39 is 5.54 Å². The summed E-state index contributed by atoms with van der Waals surface area (Å²) in [6, 6.07) is 10.7. The van der Waals surface area contributed by atoms with Crippen molar-refractivity contribution in [2.45, 2.75) is 58.5 Å². The number of nitrogens with one attached hydrogen (secondary N) is 1. The van der Waals surface area contributed by atoms with Crippen LogP contribution >= 0.6 is 0 Å². The highest BCUT2D eigenvalue weighted by molar-refractivity contribution is 5.29. The predicted molar refractivity (Wildman–Crippen MR) is 82.9 cm³/mol. The van der Waals surface area contributed by atoms with Crippen molar-refractivity contribution in [1.29, 1.82) is 5.26 Å². The van der Waals surface area contributed by atoms with Gasteiger partial charge >= 0.3 is 0 Å². The molecule has 0 saturated heterocycles. The Labute approximate surface area is 123 Å². The molecule has 1 aromatic carbocycles. The first-order valence-electron chi connectivity index (χ1n) is 7.32. The highest BCUT2D eigenvalue weighted by Gasteiger charge is 2.25. The summed E-state index contributed by atoms with van der Waals surface area (Å²) in [7, 11) is 0. The van der Waals surface area contributed by atoms with Gasteiger partial charge < -0.3 is 4.74 Å². The molecular formula is C17H26N2O.